The zero-order valence-corrected chi connectivity index (χ0v) is 14.6. The smallest absolute Gasteiger partial charge is 0.246 e. The number of furan rings is 1. The fourth-order valence-corrected chi connectivity index (χ4v) is 3.18. The van der Waals surface area contributed by atoms with Crippen LogP contribution in [0.3, 0.4) is 0 Å². The zero-order valence-electron chi connectivity index (χ0n) is 14.6. The molecule has 2 saturated heterocycles. The first kappa shape index (κ1) is 17.7. The predicted molar refractivity (Wildman–Crippen MR) is 92.8 cm³/mol. The predicted octanol–water partition coefficient (Wildman–Crippen LogP) is 0.684. The van der Waals surface area contributed by atoms with Gasteiger partial charge < -0.3 is 19.0 Å². The van der Waals surface area contributed by atoms with E-state index in [0.29, 0.717) is 58.2 Å². The zero-order chi connectivity index (χ0) is 17.6. The van der Waals surface area contributed by atoms with Gasteiger partial charge in [0.15, 0.2) is 0 Å². The molecule has 7 heteroatoms. The minimum atomic E-state index is -0.158. The maximum absolute atomic E-state index is 12.6. The fourth-order valence-electron chi connectivity index (χ4n) is 3.18. The Balaban J connectivity index is 1.47. The SMILES string of the molecule is C[C@H](C(=O)N1CCOCC1)N1CCN(C(=O)/C=C\c2ccco2)CC1. The molecule has 1 aromatic rings. The van der Waals surface area contributed by atoms with Crippen LogP contribution in [0.2, 0.25) is 0 Å². The van der Waals surface area contributed by atoms with Crippen LogP contribution in [0.5, 0.6) is 0 Å². The Hall–Kier alpha value is -2.12. The highest BCUT2D eigenvalue weighted by Gasteiger charge is 2.30. The van der Waals surface area contributed by atoms with Crippen LogP contribution < -0.4 is 0 Å². The third-order valence-electron chi connectivity index (χ3n) is 4.79. The number of rotatable bonds is 4. The van der Waals surface area contributed by atoms with Crippen molar-refractivity contribution in [2.24, 2.45) is 0 Å². The average molecular weight is 347 g/mol. The highest BCUT2D eigenvalue weighted by Crippen LogP contribution is 2.11. The van der Waals surface area contributed by atoms with E-state index in [1.807, 2.05) is 16.7 Å². The third-order valence-corrected chi connectivity index (χ3v) is 4.79. The minimum Gasteiger partial charge on any atom is -0.465 e. The average Bonchev–Trinajstić information content (AvgIpc) is 3.19. The molecule has 0 bridgehead atoms. The van der Waals surface area contributed by atoms with Crippen LogP contribution >= 0.6 is 0 Å². The Kier molecular flexibility index (Phi) is 5.88. The second-order valence-electron chi connectivity index (χ2n) is 6.32. The van der Waals surface area contributed by atoms with Crippen LogP contribution in [0.25, 0.3) is 6.08 Å². The Morgan fingerprint density at radius 3 is 2.44 bits per heavy atom. The van der Waals surface area contributed by atoms with Crippen LogP contribution in [0.15, 0.2) is 28.9 Å². The van der Waals surface area contributed by atoms with Crippen molar-refractivity contribution in [2.45, 2.75) is 13.0 Å². The summed E-state index contributed by atoms with van der Waals surface area (Å²) in [5.74, 6) is 0.792. The molecule has 1 atom stereocenters. The molecular weight excluding hydrogens is 322 g/mol. The monoisotopic (exact) mass is 347 g/mol. The van der Waals surface area contributed by atoms with E-state index in [0.717, 1.165) is 0 Å². The van der Waals surface area contributed by atoms with Gasteiger partial charge in [0, 0.05) is 45.3 Å². The van der Waals surface area contributed by atoms with E-state index in [9.17, 15) is 9.59 Å². The fraction of sp³-hybridized carbons (Fsp3) is 0.556. The van der Waals surface area contributed by atoms with Gasteiger partial charge in [-0.2, -0.15) is 0 Å². The van der Waals surface area contributed by atoms with Gasteiger partial charge in [0.2, 0.25) is 11.8 Å². The largest absolute Gasteiger partial charge is 0.465 e. The van der Waals surface area contributed by atoms with E-state index >= 15 is 0 Å². The molecule has 7 nitrogen and oxygen atoms in total. The molecule has 0 radical (unpaired) electrons. The van der Waals surface area contributed by atoms with Crippen molar-refractivity contribution in [3.63, 3.8) is 0 Å². The van der Waals surface area contributed by atoms with Gasteiger partial charge in [0.25, 0.3) is 0 Å². The van der Waals surface area contributed by atoms with Crippen molar-refractivity contribution >= 4 is 17.9 Å². The topological polar surface area (TPSA) is 66.2 Å². The summed E-state index contributed by atoms with van der Waals surface area (Å²) in [7, 11) is 0. The van der Waals surface area contributed by atoms with E-state index in [-0.39, 0.29) is 17.9 Å². The molecule has 2 amide bonds. The molecule has 0 unspecified atom stereocenters. The van der Waals surface area contributed by atoms with E-state index in [1.165, 1.54) is 6.08 Å². The molecule has 0 aliphatic carbocycles. The number of hydrogen-bond acceptors (Lipinski definition) is 5. The lowest BCUT2D eigenvalue weighted by molar-refractivity contribution is -0.141. The van der Waals surface area contributed by atoms with Gasteiger partial charge in [-0.15, -0.1) is 0 Å². The van der Waals surface area contributed by atoms with E-state index < -0.39 is 0 Å². The van der Waals surface area contributed by atoms with Gasteiger partial charge in [-0.25, -0.2) is 0 Å². The van der Waals surface area contributed by atoms with Crippen LogP contribution in [0.4, 0.5) is 0 Å². The Bertz CT molecular complexity index is 600. The number of carbonyl (C=O) groups is 2. The van der Waals surface area contributed by atoms with Gasteiger partial charge >= 0.3 is 0 Å². The first-order valence-corrected chi connectivity index (χ1v) is 8.76. The summed E-state index contributed by atoms with van der Waals surface area (Å²) in [5, 5.41) is 0. The van der Waals surface area contributed by atoms with Gasteiger partial charge in [-0.3, -0.25) is 14.5 Å². The van der Waals surface area contributed by atoms with Crippen LogP contribution in [-0.4, -0.2) is 85.0 Å². The van der Waals surface area contributed by atoms with Crippen LogP contribution in [-0.2, 0) is 14.3 Å². The number of morpholine rings is 1. The summed E-state index contributed by atoms with van der Waals surface area (Å²) in [4.78, 5) is 30.6. The minimum absolute atomic E-state index is 0.0248. The second-order valence-corrected chi connectivity index (χ2v) is 6.32. The standard InChI is InChI=1S/C18H25N3O4/c1-15(18(23)21-10-13-24-14-11-21)19-6-8-20(9-7-19)17(22)5-4-16-3-2-12-25-16/h2-5,12,15H,6-11,13-14H2,1H3/b5-4-/t15-/m1/s1. The molecule has 3 heterocycles. The van der Waals surface area contributed by atoms with Crippen LogP contribution in [0, 0.1) is 0 Å². The number of hydrogen-bond donors (Lipinski definition) is 0. The number of piperazine rings is 1. The number of nitrogens with zero attached hydrogens (tertiary/aromatic N) is 3. The lowest BCUT2D eigenvalue weighted by atomic mass is 10.2. The van der Waals surface area contributed by atoms with Gasteiger partial charge in [0.05, 0.1) is 25.5 Å². The molecule has 0 aromatic carbocycles. The summed E-state index contributed by atoms with van der Waals surface area (Å²) in [6, 6.07) is 3.44. The summed E-state index contributed by atoms with van der Waals surface area (Å²) in [5.41, 5.74) is 0. The molecule has 1 aromatic heterocycles. The Morgan fingerprint density at radius 2 is 1.80 bits per heavy atom. The van der Waals surface area contributed by atoms with Crippen LogP contribution in [0.1, 0.15) is 12.7 Å². The van der Waals surface area contributed by atoms with Crippen molar-refractivity contribution in [2.75, 3.05) is 52.5 Å². The number of amides is 2. The molecule has 0 N–H and O–H groups in total. The summed E-state index contributed by atoms with van der Waals surface area (Å²) >= 11 is 0. The molecule has 2 aliphatic rings. The third kappa shape index (κ3) is 4.49. The van der Waals surface area contributed by atoms with Gasteiger partial charge in [-0.1, -0.05) is 0 Å². The maximum atomic E-state index is 12.6. The second kappa shape index (κ2) is 8.31. The Morgan fingerprint density at radius 1 is 1.08 bits per heavy atom. The summed E-state index contributed by atoms with van der Waals surface area (Å²) in [6.07, 6.45) is 4.80. The molecular formula is C18H25N3O4. The molecule has 25 heavy (non-hydrogen) atoms. The first-order chi connectivity index (χ1) is 12.1. The molecule has 0 saturated carbocycles. The molecule has 3 rings (SSSR count). The Labute approximate surface area is 147 Å². The van der Waals surface area contributed by atoms with E-state index in [1.54, 1.807) is 24.5 Å². The highest BCUT2D eigenvalue weighted by atomic mass is 16.5. The molecule has 2 aliphatic heterocycles. The molecule has 2 fully saturated rings. The van der Waals surface area contributed by atoms with Gasteiger partial charge in [-0.05, 0) is 25.1 Å². The lowest BCUT2D eigenvalue weighted by Crippen LogP contribution is -2.56. The lowest BCUT2D eigenvalue weighted by Gasteiger charge is -2.39. The maximum Gasteiger partial charge on any atom is 0.246 e. The van der Waals surface area contributed by atoms with Crippen molar-refractivity contribution in [1.29, 1.82) is 0 Å². The molecule has 136 valence electrons. The van der Waals surface area contributed by atoms with E-state index in [4.69, 9.17) is 9.15 Å². The van der Waals surface area contributed by atoms with Crippen molar-refractivity contribution < 1.29 is 18.7 Å². The number of carbonyl (C=O) groups excluding carboxylic acids is 2. The van der Waals surface area contributed by atoms with Crippen molar-refractivity contribution in [1.82, 2.24) is 14.7 Å². The van der Waals surface area contributed by atoms with E-state index in [2.05, 4.69) is 4.90 Å². The first-order valence-electron chi connectivity index (χ1n) is 8.76. The van der Waals surface area contributed by atoms with Gasteiger partial charge in [0.1, 0.15) is 5.76 Å². The quantitative estimate of drug-likeness (QED) is 0.750. The van der Waals surface area contributed by atoms with Crippen molar-refractivity contribution in [3.05, 3.63) is 30.2 Å². The van der Waals surface area contributed by atoms with Crippen molar-refractivity contribution in [3.8, 4) is 0 Å². The molecule has 0 spiro atoms. The number of ether oxygens (including phenoxy) is 1. The summed E-state index contributed by atoms with van der Waals surface area (Å²) in [6.45, 7) is 7.18. The highest BCUT2D eigenvalue weighted by molar-refractivity contribution is 5.91. The summed E-state index contributed by atoms with van der Waals surface area (Å²) < 4.78 is 10.5. The normalized spacial score (nSPS) is 20.8.